The second-order valence-corrected chi connectivity index (χ2v) is 5.72. The van der Waals surface area contributed by atoms with Crippen molar-refractivity contribution in [1.82, 2.24) is 20.4 Å². The molecule has 0 saturated carbocycles. The molecular formula is C15H19ClN4O. The maximum absolute atomic E-state index is 6.16. The van der Waals surface area contributed by atoms with Crippen LogP contribution in [0.5, 0.6) is 0 Å². The number of nitrogens with one attached hydrogen (secondary N) is 1. The predicted molar refractivity (Wildman–Crippen MR) is 82.1 cm³/mol. The minimum absolute atomic E-state index is 0.547. The van der Waals surface area contributed by atoms with Crippen LogP contribution < -0.4 is 5.32 Å². The van der Waals surface area contributed by atoms with Gasteiger partial charge in [-0.1, -0.05) is 28.9 Å². The molecule has 6 heteroatoms. The van der Waals surface area contributed by atoms with E-state index in [4.69, 9.17) is 16.1 Å². The third-order valence-corrected chi connectivity index (χ3v) is 4.19. The standard InChI is InChI=1S/C15H19ClN4O/c1-17-9-11-5-4-8-20(11)10-14-18-15(19-21-14)12-6-2-3-7-13(12)16/h2-3,6-7,11,17H,4-5,8-10H2,1H3. The Labute approximate surface area is 129 Å². The Kier molecular flexibility index (Phi) is 4.53. The summed E-state index contributed by atoms with van der Waals surface area (Å²) in [5.74, 6) is 1.20. The molecule has 1 N–H and O–H groups in total. The second kappa shape index (κ2) is 6.56. The van der Waals surface area contributed by atoms with Crippen molar-refractivity contribution in [2.24, 2.45) is 0 Å². The van der Waals surface area contributed by atoms with Gasteiger partial charge in [-0.05, 0) is 38.6 Å². The Balaban J connectivity index is 1.72. The lowest BCUT2D eigenvalue weighted by atomic mass is 10.2. The minimum Gasteiger partial charge on any atom is -0.338 e. The highest BCUT2D eigenvalue weighted by atomic mass is 35.5. The maximum Gasteiger partial charge on any atom is 0.241 e. The van der Waals surface area contributed by atoms with Crippen molar-refractivity contribution in [3.63, 3.8) is 0 Å². The third-order valence-electron chi connectivity index (χ3n) is 3.86. The Morgan fingerprint density at radius 2 is 2.29 bits per heavy atom. The summed E-state index contributed by atoms with van der Waals surface area (Å²) in [5, 5.41) is 7.92. The Hall–Kier alpha value is -1.43. The fourth-order valence-corrected chi connectivity index (χ4v) is 3.04. The number of rotatable bonds is 5. The van der Waals surface area contributed by atoms with Crippen molar-refractivity contribution >= 4 is 11.6 Å². The van der Waals surface area contributed by atoms with Crippen LogP contribution in [0.15, 0.2) is 28.8 Å². The topological polar surface area (TPSA) is 54.2 Å². The summed E-state index contributed by atoms with van der Waals surface area (Å²) < 4.78 is 5.38. The third kappa shape index (κ3) is 3.26. The maximum atomic E-state index is 6.16. The monoisotopic (exact) mass is 306 g/mol. The molecule has 112 valence electrons. The first-order chi connectivity index (χ1) is 10.3. The molecule has 1 aromatic carbocycles. The van der Waals surface area contributed by atoms with Crippen molar-refractivity contribution in [3.8, 4) is 11.4 Å². The molecule has 21 heavy (non-hydrogen) atoms. The van der Waals surface area contributed by atoms with E-state index in [9.17, 15) is 0 Å². The summed E-state index contributed by atoms with van der Waals surface area (Å²) in [4.78, 5) is 6.86. The van der Waals surface area contributed by atoms with Crippen LogP contribution in [0.1, 0.15) is 18.7 Å². The molecule has 0 radical (unpaired) electrons. The molecule has 3 rings (SSSR count). The van der Waals surface area contributed by atoms with Gasteiger partial charge in [0.2, 0.25) is 11.7 Å². The summed E-state index contributed by atoms with van der Waals surface area (Å²) in [5.41, 5.74) is 0.808. The minimum atomic E-state index is 0.547. The SMILES string of the molecule is CNCC1CCCN1Cc1nc(-c2ccccc2Cl)no1. The van der Waals surface area contributed by atoms with E-state index in [1.807, 2.05) is 31.3 Å². The van der Waals surface area contributed by atoms with E-state index in [2.05, 4.69) is 20.4 Å². The molecule has 0 bridgehead atoms. The number of likely N-dealkylation sites (tertiary alicyclic amines) is 1. The van der Waals surface area contributed by atoms with Gasteiger partial charge in [-0.15, -0.1) is 0 Å². The zero-order valence-electron chi connectivity index (χ0n) is 12.1. The van der Waals surface area contributed by atoms with Gasteiger partial charge < -0.3 is 9.84 Å². The van der Waals surface area contributed by atoms with Gasteiger partial charge in [0.15, 0.2) is 0 Å². The van der Waals surface area contributed by atoms with Gasteiger partial charge in [-0.2, -0.15) is 4.98 Å². The number of hydrogen-bond donors (Lipinski definition) is 1. The molecule has 1 aliphatic rings. The number of aromatic nitrogens is 2. The number of benzene rings is 1. The molecule has 2 heterocycles. The van der Waals surface area contributed by atoms with Gasteiger partial charge in [0.25, 0.3) is 0 Å². The zero-order chi connectivity index (χ0) is 14.7. The molecular weight excluding hydrogens is 288 g/mol. The molecule has 1 atom stereocenters. The van der Waals surface area contributed by atoms with Crippen molar-refractivity contribution < 1.29 is 4.52 Å². The Morgan fingerprint density at radius 3 is 3.10 bits per heavy atom. The van der Waals surface area contributed by atoms with Gasteiger partial charge in [0.1, 0.15) is 0 Å². The first-order valence-electron chi connectivity index (χ1n) is 7.24. The fraction of sp³-hybridized carbons (Fsp3) is 0.467. The smallest absolute Gasteiger partial charge is 0.241 e. The quantitative estimate of drug-likeness (QED) is 0.920. The summed E-state index contributed by atoms with van der Waals surface area (Å²) in [6.07, 6.45) is 2.43. The van der Waals surface area contributed by atoms with Crippen LogP contribution in [0.3, 0.4) is 0 Å². The van der Waals surface area contributed by atoms with E-state index in [0.29, 0.717) is 29.3 Å². The molecule has 0 aliphatic carbocycles. The summed E-state index contributed by atoms with van der Waals surface area (Å²) in [6, 6.07) is 8.08. The van der Waals surface area contributed by atoms with Crippen molar-refractivity contribution in [2.45, 2.75) is 25.4 Å². The molecule has 1 aromatic heterocycles. The molecule has 1 fully saturated rings. The molecule has 1 aliphatic heterocycles. The van der Waals surface area contributed by atoms with E-state index in [-0.39, 0.29) is 0 Å². The lowest BCUT2D eigenvalue weighted by Crippen LogP contribution is -2.36. The first-order valence-corrected chi connectivity index (χ1v) is 7.62. The van der Waals surface area contributed by atoms with E-state index in [0.717, 1.165) is 18.7 Å². The molecule has 5 nitrogen and oxygen atoms in total. The number of halogens is 1. The van der Waals surface area contributed by atoms with E-state index < -0.39 is 0 Å². The van der Waals surface area contributed by atoms with Crippen molar-refractivity contribution in [3.05, 3.63) is 35.2 Å². The van der Waals surface area contributed by atoms with E-state index in [1.165, 1.54) is 12.8 Å². The second-order valence-electron chi connectivity index (χ2n) is 5.32. The van der Waals surface area contributed by atoms with Crippen LogP contribution in [0.2, 0.25) is 5.02 Å². The lowest BCUT2D eigenvalue weighted by molar-refractivity contribution is 0.209. The molecule has 1 saturated heterocycles. The zero-order valence-corrected chi connectivity index (χ0v) is 12.8. The Bertz CT molecular complexity index is 601. The Morgan fingerprint density at radius 1 is 1.43 bits per heavy atom. The average molecular weight is 307 g/mol. The molecule has 0 amide bonds. The van der Waals surface area contributed by atoms with Crippen LogP contribution in [-0.4, -0.2) is 41.2 Å². The summed E-state index contributed by atoms with van der Waals surface area (Å²) in [7, 11) is 1.98. The number of nitrogens with zero attached hydrogens (tertiary/aromatic N) is 3. The van der Waals surface area contributed by atoms with Crippen LogP contribution in [-0.2, 0) is 6.54 Å². The van der Waals surface area contributed by atoms with Gasteiger partial charge in [-0.25, -0.2) is 0 Å². The van der Waals surface area contributed by atoms with Crippen LogP contribution >= 0.6 is 11.6 Å². The van der Waals surface area contributed by atoms with Crippen LogP contribution in [0.4, 0.5) is 0 Å². The van der Waals surface area contributed by atoms with Gasteiger partial charge in [-0.3, -0.25) is 4.90 Å². The average Bonchev–Trinajstić information content (AvgIpc) is 3.11. The van der Waals surface area contributed by atoms with Gasteiger partial charge >= 0.3 is 0 Å². The highest BCUT2D eigenvalue weighted by molar-refractivity contribution is 6.33. The normalized spacial score (nSPS) is 19.2. The fourth-order valence-electron chi connectivity index (χ4n) is 2.81. The van der Waals surface area contributed by atoms with Gasteiger partial charge in [0, 0.05) is 18.2 Å². The summed E-state index contributed by atoms with van der Waals surface area (Å²) in [6.45, 7) is 2.77. The largest absolute Gasteiger partial charge is 0.338 e. The van der Waals surface area contributed by atoms with Crippen LogP contribution in [0.25, 0.3) is 11.4 Å². The predicted octanol–water partition coefficient (Wildman–Crippen LogP) is 2.57. The summed E-state index contributed by atoms with van der Waals surface area (Å²) >= 11 is 6.16. The number of likely N-dealkylation sites (N-methyl/N-ethyl adjacent to an activating group) is 1. The highest BCUT2D eigenvalue weighted by Gasteiger charge is 2.25. The van der Waals surface area contributed by atoms with E-state index in [1.54, 1.807) is 0 Å². The van der Waals surface area contributed by atoms with Gasteiger partial charge in [0.05, 0.1) is 11.6 Å². The molecule has 2 aromatic rings. The lowest BCUT2D eigenvalue weighted by Gasteiger charge is -2.22. The first kappa shape index (κ1) is 14.5. The van der Waals surface area contributed by atoms with E-state index >= 15 is 0 Å². The van der Waals surface area contributed by atoms with Crippen molar-refractivity contribution in [2.75, 3.05) is 20.1 Å². The molecule has 0 spiro atoms. The highest BCUT2D eigenvalue weighted by Crippen LogP contribution is 2.26. The van der Waals surface area contributed by atoms with Crippen molar-refractivity contribution in [1.29, 1.82) is 0 Å². The number of hydrogen-bond acceptors (Lipinski definition) is 5. The van der Waals surface area contributed by atoms with Crippen LogP contribution in [0, 0.1) is 0 Å². The molecule has 1 unspecified atom stereocenters.